The molecule has 0 N–H and O–H groups in total. The van der Waals surface area contributed by atoms with Crippen LogP contribution in [-0.4, -0.2) is 16.1 Å². The van der Waals surface area contributed by atoms with E-state index in [9.17, 15) is 26.7 Å². The van der Waals surface area contributed by atoms with E-state index < -0.39 is 23.5 Å². The second kappa shape index (κ2) is 7.14. The third kappa shape index (κ3) is 3.94. The Bertz CT molecular complexity index is 1000. The molecule has 3 aromatic rings. The van der Waals surface area contributed by atoms with Gasteiger partial charge in [0.2, 0.25) is 0 Å². The molecule has 0 unspecified atom stereocenters. The van der Waals surface area contributed by atoms with Crippen molar-refractivity contribution in [2.24, 2.45) is 0 Å². The predicted molar refractivity (Wildman–Crippen MR) is 88.9 cm³/mol. The topological polar surface area (TPSA) is 34.9 Å². The van der Waals surface area contributed by atoms with Crippen LogP contribution in [0.1, 0.15) is 16.8 Å². The minimum Gasteiger partial charge on any atom is -0.298 e. The van der Waals surface area contributed by atoms with Gasteiger partial charge in [-0.25, -0.2) is 13.5 Å². The number of rotatable bonds is 4. The molecule has 0 aliphatic rings. The van der Waals surface area contributed by atoms with Crippen LogP contribution in [0, 0.1) is 11.6 Å². The zero-order valence-corrected chi connectivity index (χ0v) is 13.5. The monoisotopic (exact) mass is 378 g/mol. The lowest BCUT2D eigenvalue weighted by molar-refractivity contribution is -0.141. The third-order valence-corrected chi connectivity index (χ3v) is 3.75. The van der Waals surface area contributed by atoms with Crippen LogP contribution in [-0.2, 0) is 11.0 Å². The van der Waals surface area contributed by atoms with Gasteiger partial charge in [0.25, 0.3) is 0 Å². The Balaban J connectivity index is 1.90. The van der Waals surface area contributed by atoms with E-state index in [1.165, 1.54) is 48.7 Å². The molecular weight excluding hydrogens is 367 g/mol. The number of benzene rings is 2. The van der Waals surface area contributed by atoms with Crippen LogP contribution in [0.2, 0.25) is 0 Å². The van der Waals surface area contributed by atoms with Crippen molar-refractivity contribution < 1.29 is 26.7 Å². The maximum Gasteiger partial charge on any atom is 0.435 e. The summed E-state index contributed by atoms with van der Waals surface area (Å²) in [5.41, 5.74) is -0.426. The zero-order chi connectivity index (χ0) is 19.6. The molecule has 0 atom stereocenters. The largest absolute Gasteiger partial charge is 0.435 e. The van der Waals surface area contributed by atoms with Gasteiger partial charge in [0.05, 0.1) is 5.69 Å². The first-order valence-corrected chi connectivity index (χ1v) is 7.64. The lowest BCUT2D eigenvalue weighted by Gasteiger charge is -2.05. The van der Waals surface area contributed by atoms with Crippen LogP contribution < -0.4 is 0 Å². The van der Waals surface area contributed by atoms with Crippen LogP contribution in [0.5, 0.6) is 0 Å². The normalized spacial score (nSPS) is 12.3. The van der Waals surface area contributed by atoms with E-state index >= 15 is 0 Å². The van der Waals surface area contributed by atoms with Gasteiger partial charge < -0.3 is 0 Å². The maximum absolute atomic E-state index is 13.8. The molecule has 1 aromatic heterocycles. The summed E-state index contributed by atoms with van der Waals surface area (Å²) >= 11 is 0. The Morgan fingerprint density at radius 2 is 1.70 bits per heavy atom. The molecule has 0 amide bonds. The van der Waals surface area contributed by atoms with Crippen LogP contribution in [0.3, 0.4) is 0 Å². The summed E-state index contributed by atoms with van der Waals surface area (Å²) in [5.74, 6) is -2.21. The number of carbonyl (C=O) groups is 1. The van der Waals surface area contributed by atoms with Crippen LogP contribution in [0.25, 0.3) is 17.3 Å². The molecule has 0 bridgehead atoms. The van der Waals surface area contributed by atoms with Gasteiger partial charge in [0.1, 0.15) is 0 Å². The smallest absolute Gasteiger partial charge is 0.298 e. The fraction of sp³-hybridized carbons (Fsp3) is 0.0526. The number of halogens is 5. The van der Waals surface area contributed by atoms with Crippen molar-refractivity contribution in [3.8, 4) is 5.69 Å². The van der Waals surface area contributed by atoms with Crippen molar-refractivity contribution >= 4 is 17.9 Å². The van der Waals surface area contributed by atoms with Gasteiger partial charge in [-0.1, -0.05) is 24.3 Å². The van der Waals surface area contributed by atoms with Gasteiger partial charge in [0.15, 0.2) is 23.6 Å². The fourth-order valence-corrected chi connectivity index (χ4v) is 2.42. The summed E-state index contributed by atoms with van der Waals surface area (Å²) in [7, 11) is 0. The molecule has 0 aliphatic carbocycles. The number of alkyl halides is 3. The lowest BCUT2D eigenvalue weighted by atomic mass is 10.0. The highest BCUT2D eigenvalue weighted by atomic mass is 19.4. The van der Waals surface area contributed by atoms with E-state index in [-0.39, 0.29) is 11.1 Å². The van der Waals surface area contributed by atoms with Gasteiger partial charge in [-0.15, -0.1) is 0 Å². The van der Waals surface area contributed by atoms with Crippen molar-refractivity contribution in [3.05, 3.63) is 83.2 Å². The Hall–Kier alpha value is -3.29. The summed E-state index contributed by atoms with van der Waals surface area (Å²) in [6.07, 6.45) is -1.62. The number of aromatic nitrogens is 2. The highest BCUT2D eigenvalue weighted by molar-refractivity contribution is 6.13. The van der Waals surface area contributed by atoms with E-state index in [4.69, 9.17) is 0 Å². The van der Waals surface area contributed by atoms with Crippen molar-refractivity contribution in [2.45, 2.75) is 6.18 Å². The van der Waals surface area contributed by atoms with E-state index in [0.717, 1.165) is 16.8 Å². The van der Waals surface area contributed by atoms with Gasteiger partial charge in [-0.3, -0.25) is 4.79 Å². The molecule has 2 aromatic carbocycles. The van der Waals surface area contributed by atoms with Crippen molar-refractivity contribution in [3.63, 3.8) is 0 Å². The van der Waals surface area contributed by atoms with Gasteiger partial charge >= 0.3 is 6.18 Å². The van der Waals surface area contributed by atoms with Gasteiger partial charge in [-0.2, -0.15) is 18.3 Å². The third-order valence-electron chi connectivity index (χ3n) is 3.75. The van der Waals surface area contributed by atoms with Crippen LogP contribution in [0.15, 0.2) is 54.7 Å². The summed E-state index contributed by atoms with van der Waals surface area (Å²) < 4.78 is 66.1. The first-order chi connectivity index (χ1) is 12.8. The van der Waals surface area contributed by atoms with E-state index in [1.807, 2.05) is 0 Å². The minimum absolute atomic E-state index is 0.0711. The van der Waals surface area contributed by atoms with Crippen molar-refractivity contribution in [2.75, 3.05) is 0 Å². The molecule has 0 fully saturated rings. The van der Waals surface area contributed by atoms with Crippen LogP contribution in [0.4, 0.5) is 22.0 Å². The van der Waals surface area contributed by atoms with E-state index in [2.05, 4.69) is 5.10 Å². The highest BCUT2D eigenvalue weighted by Gasteiger charge is 2.33. The average molecular weight is 378 g/mol. The van der Waals surface area contributed by atoms with E-state index in [1.54, 1.807) is 0 Å². The Morgan fingerprint density at radius 3 is 2.30 bits per heavy atom. The second-order valence-electron chi connectivity index (χ2n) is 5.55. The summed E-state index contributed by atoms with van der Waals surface area (Å²) in [6, 6.07) is 10.4. The molecule has 0 spiro atoms. The standard InChI is InChI=1S/C19H11F5N2O/c20-16-3-1-2-15(18(16)21)13(11-27)10-12-4-6-14(7-5-12)26-9-8-17(25-26)19(22,23)24/h1-11H. The quantitative estimate of drug-likeness (QED) is 0.280. The number of aldehydes is 1. The second-order valence-corrected chi connectivity index (χ2v) is 5.55. The van der Waals surface area contributed by atoms with Crippen LogP contribution >= 0.6 is 0 Å². The number of allylic oxidation sites excluding steroid dienone is 1. The van der Waals surface area contributed by atoms with Gasteiger partial charge in [-0.05, 0) is 35.9 Å². The number of hydrogen-bond acceptors (Lipinski definition) is 2. The summed E-state index contributed by atoms with van der Waals surface area (Å²) in [5, 5.41) is 3.46. The van der Waals surface area contributed by atoms with Crippen molar-refractivity contribution in [1.82, 2.24) is 9.78 Å². The van der Waals surface area contributed by atoms with E-state index in [0.29, 0.717) is 17.5 Å². The molecule has 0 aliphatic heterocycles. The predicted octanol–water partition coefficient (Wildman–Crippen LogP) is 4.91. The summed E-state index contributed by atoms with van der Waals surface area (Å²) in [6.45, 7) is 0. The Morgan fingerprint density at radius 1 is 1.00 bits per heavy atom. The molecule has 3 rings (SSSR count). The molecule has 0 saturated heterocycles. The molecular formula is C19H11F5N2O. The average Bonchev–Trinajstić information content (AvgIpc) is 3.13. The molecule has 0 radical (unpaired) electrons. The lowest BCUT2D eigenvalue weighted by Crippen LogP contribution is -2.07. The molecule has 138 valence electrons. The molecule has 27 heavy (non-hydrogen) atoms. The zero-order valence-electron chi connectivity index (χ0n) is 13.5. The Labute approximate surface area is 150 Å². The first kappa shape index (κ1) is 18.5. The highest BCUT2D eigenvalue weighted by Crippen LogP contribution is 2.28. The number of carbonyl (C=O) groups excluding carboxylic acids is 1. The Kier molecular flexibility index (Phi) is 4.89. The molecule has 0 saturated carbocycles. The first-order valence-electron chi connectivity index (χ1n) is 7.64. The molecule has 8 heteroatoms. The molecule has 1 heterocycles. The maximum atomic E-state index is 13.8. The number of nitrogens with zero attached hydrogens (tertiary/aromatic N) is 2. The van der Waals surface area contributed by atoms with Gasteiger partial charge in [0, 0.05) is 17.3 Å². The minimum atomic E-state index is -4.54. The number of hydrogen-bond donors (Lipinski definition) is 0. The van der Waals surface area contributed by atoms with Crippen molar-refractivity contribution in [1.29, 1.82) is 0 Å². The SMILES string of the molecule is O=CC(=Cc1ccc(-n2ccc(C(F)(F)F)n2)cc1)c1cccc(F)c1F. The fourth-order valence-electron chi connectivity index (χ4n) is 2.42. The molecule has 3 nitrogen and oxygen atoms in total. The summed E-state index contributed by atoms with van der Waals surface area (Å²) in [4.78, 5) is 11.3.